The molecule has 0 aliphatic heterocycles. The summed E-state index contributed by atoms with van der Waals surface area (Å²) in [5.41, 5.74) is 0.585. The van der Waals surface area contributed by atoms with Gasteiger partial charge in [-0.15, -0.1) is 0 Å². The van der Waals surface area contributed by atoms with Crippen molar-refractivity contribution in [1.82, 2.24) is 9.78 Å². The first-order chi connectivity index (χ1) is 10.0. The second-order valence-corrected chi connectivity index (χ2v) is 5.16. The third-order valence-electron chi connectivity index (χ3n) is 2.69. The molecule has 0 saturated carbocycles. The summed E-state index contributed by atoms with van der Waals surface area (Å²) in [5, 5.41) is 13.2. The number of aromatic nitrogens is 2. The van der Waals surface area contributed by atoms with Crippen molar-refractivity contribution >= 4 is 27.9 Å². The largest absolute Gasteiger partial charge is 0.478 e. The summed E-state index contributed by atoms with van der Waals surface area (Å²) in [6.45, 7) is 2.17. The Kier molecular flexibility index (Phi) is 4.74. The van der Waals surface area contributed by atoms with Gasteiger partial charge in [0, 0.05) is 10.7 Å². The maximum absolute atomic E-state index is 11.7. The van der Waals surface area contributed by atoms with Crippen LogP contribution in [0.1, 0.15) is 33.3 Å². The highest BCUT2D eigenvalue weighted by atomic mass is 79.9. The number of carboxylic acid groups (broad SMARTS) is 1. The van der Waals surface area contributed by atoms with Crippen LogP contribution in [-0.4, -0.2) is 33.4 Å². The molecule has 1 aromatic heterocycles. The summed E-state index contributed by atoms with van der Waals surface area (Å²) in [4.78, 5) is 22.9. The van der Waals surface area contributed by atoms with Crippen molar-refractivity contribution in [3.8, 4) is 0 Å². The molecule has 1 N–H and O–H groups in total. The Morgan fingerprint density at radius 2 is 2.19 bits per heavy atom. The second-order valence-electron chi connectivity index (χ2n) is 4.24. The molecule has 0 amide bonds. The average molecular weight is 353 g/mol. The standard InChI is InChI=1S/C14H13BrN2O4/c1-2-21-14(20)12-11(13(18)19)8-17(16-12)7-9-4-3-5-10(15)6-9/h3-6,8H,2,7H2,1H3,(H,18,19). The quantitative estimate of drug-likeness (QED) is 0.836. The van der Waals surface area contributed by atoms with E-state index < -0.39 is 11.9 Å². The van der Waals surface area contributed by atoms with Crippen LogP contribution in [0.15, 0.2) is 34.9 Å². The number of nitrogens with zero attached hydrogens (tertiary/aromatic N) is 2. The Labute approximate surface area is 129 Å². The van der Waals surface area contributed by atoms with E-state index in [1.165, 1.54) is 10.9 Å². The molecule has 0 bridgehead atoms. The summed E-state index contributed by atoms with van der Waals surface area (Å²) in [5.74, 6) is -1.94. The molecule has 7 heteroatoms. The molecule has 0 spiro atoms. The van der Waals surface area contributed by atoms with E-state index in [1.807, 2.05) is 24.3 Å². The lowest BCUT2D eigenvalue weighted by molar-refractivity contribution is 0.0507. The van der Waals surface area contributed by atoms with Gasteiger partial charge in [0.05, 0.1) is 13.2 Å². The highest BCUT2D eigenvalue weighted by molar-refractivity contribution is 9.10. The number of esters is 1. The Morgan fingerprint density at radius 1 is 1.43 bits per heavy atom. The molecular formula is C14H13BrN2O4. The van der Waals surface area contributed by atoms with Crippen molar-refractivity contribution in [2.75, 3.05) is 6.61 Å². The highest BCUT2D eigenvalue weighted by Crippen LogP contribution is 2.14. The number of benzene rings is 1. The molecule has 0 aliphatic rings. The lowest BCUT2D eigenvalue weighted by Crippen LogP contribution is -2.11. The molecule has 0 unspecified atom stereocenters. The maximum atomic E-state index is 11.7. The smallest absolute Gasteiger partial charge is 0.359 e. The van der Waals surface area contributed by atoms with E-state index in [-0.39, 0.29) is 17.9 Å². The Hall–Kier alpha value is -2.15. The molecule has 6 nitrogen and oxygen atoms in total. The zero-order valence-corrected chi connectivity index (χ0v) is 12.8. The van der Waals surface area contributed by atoms with Gasteiger partial charge in [0.2, 0.25) is 0 Å². The summed E-state index contributed by atoms with van der Waals surface area (Å²) < 4.78 is 7.14. The molecule has 2 rings (SSSR count). The molecule has 0 radical (unpaired) electrons. The number of aromatic carboxylic acids is 1. The summed E-state index contributed by atoms with van der Waals surface area (Å²) >= 11 is 3.36. The van der Waals surface area contributed by atoms with Gasteiger partial charge in [0.25, 0.3) is 0 Å². The van der Waals surface area contributed by atoms with Crippen LogP contribution in [-0.2, 0) is 11.3 Å². The van der Waals surface area contributed by atoms with Crippen LogP contribution in [0.4, 0.5) is 0 Å². The van der Waals surface area contributed by atoms with Crippen LogP contribution >= 0.6 is 15.9 Å². The lowest BCUT2D eigenvalue weighted by Gasteiger charge is -2.02. The predicted octanol–water partition coefficient (Wildman–Crippen LogP) is 2.57. The van der Waals surface area contributed by atoms with Gasteiger partial charge in [-0.3, -0.25) is 4.68 Å². The van der Waals surface area contributed by atoms with Gasteiger partial charge in [-0.2, -0.15) is 5.10 Å². The zero-order valence-electron chi connectivity index (χ0n) is 11.2. The average Bonchev–Trinajstić information content (AvgIpc) is 2.83. The summed E-state index contributed by atoms with van der Waals surface area (Å²) in [7, 11) is 0. The van der Waals surface area contributed by atoms with Crippen LogP contribution in [0, 0.1) is 0 Å². The molecule has 1 heterocycles. The van der Waals surface area contributed by atoms with Gasteiger partial charge in [-0.1, -0.05) is 28.1 Å². The fourth-order valence-electron chi connectivity index (χ4n) is 1.83. The van der Waals surface area contributed by atoms with Gasteiger partial charge in [0.15, 0.2) is 5.69 Å². The van der Waals surface area contributed by atoms with E-state index in [1.54, 1.807) is 6.92 Å². The van der Waals surface area contributed by atoms with Gasteiger partial charge in [0.1, 0.15) is 5.56 Å². The fraction of sp³-hybridized carbons (Fsp3) is 0.214. The predicted molar refractivity (Wildman–Crippen MR) is 78.4 cm³/mol. The third kappa shape index (κ3) is 3.69. The topological polar surface area (TPSA) is 81.4 Å². The van der Waals surface area contributed by atoms with Crippen molar-refractivity contribution in [2.24, 2.45) is 0 Å². The monoisotopic (exact) mass is 352 g/mol. The third-order valence-corrected chi connectivity index (χ3v) is 3.19. The molecule has 1 aromatic carbocycles. The number of carbonyl (C=O) groups excluding carboxylic acids is 1. The number of hydrogen-bond acceptors (Lipinski definition) is 4. The minimum Gasteiger partial charge on any atom is -0.478 e. The number of rotatable bonds is 5. The van der Waals surface area contributed by atoms with Gasteiger partial charge < -0.3 is 9.84 Å². The van der Waals surface area contributed by atoms with E-state index in [0.717, 1.165) is 10.0 Å². The van der Waals surface area contributed by atoms with Crippen LogP contribution in [0.2, 0.25) is 0 Å². The fourth-order valence-corrected chi connectivity index (χ4v) is 2.28. The van der Waals surface area contributed by atoms with Crippen molar-refractivity contribution in [3.63, 3.8) is 0 Å². The van der Waals surface area contributed by atoms with E-state index in [9.17, 15) is 9.59 Å². The summed E-state index contributed by atoms with van der Waals surface area (Å²) in [6, 6.07) is 7.54. The number of ether oxygens (including phenoxy) is 1. The number of carboxylic acids is 1. The minimum atomic E-state index is -1.21. The van der Waals surface area contributed by atoms with E-state index >= 15 is 0 Å². The van der Waals surface area contributed by atoms with Crippen LogP contribution < -0.4 is 0 Å². The van der Waals surface area contributed by atoms with Gasteiger partial charge in [-0.05, 0) is 24.6 Å². The van der Waals surface area contributed by atoms with Crippen molar-refractivity contribution < 1.29 is 19.4 Å². The first kappa shape index (κ1) is 15.2. The van der Waals surface area contributed by atoms with Crippen molar-refractivity contribution in [1.29, 1.82) is 0 Å². The Morgan fingerprint density at radius 3 is 2.81 bits per heavy atom. The second kappa shape index (κ2) is 6.53. The van der Waals surface area contributed by atoms with E-state index in [2.05, 4.69) is 21.0 Å². The lowest BCUT2D eigenvalue weighted by atomic mass is 10.2. The van der Waals surface area contributed by atoms with Gasteiger partial charge >= 0.3 is 11.9 Å². The molecule has 0 atom stereocenters. The number of carbonyl (C=O) groups is 2. The summed E-state index contributed by atoms with van der Waals surface area (Å²) in [6.07, 6.45) is 1.33. The minimum absolute atomic E-state index is 0.163. The molecular weight excluding hydrogens is 340 g/mol. The molecule has 0 saturated heterocycles. The number of hydrogen-bond donors (Lipinski definition) is 1. The Balaban J connectivity index is 2.31. The van der Waals surface area contributed by atoms with Gasteiger partial charge in [-0.25, -0.2) is 9.59 Å². The SMILES string of the molecule is CCOC(=O)c1nn(Cc2cccc(Br)c2)cc1C(=O)O. The molecule has 110 valence electrons. The van der Waals surface area contributed by atoms with Crippen LogP contribution in [0.25, 0.3) is 0 Å². The maximum Gasteiger partial charge on any atom is 0.359 e. The first-order valence-electron chi connectivity index (χ1n) is 6.23. The Bertz CT molecular complexity index is 681. The van der Waals surface area contributed by atoms with Crippen molar-refractivity contribution in [2.45, 2.75) is 13.5 Å². The molecule has 0 fully saturated rings. The van der Waals surface area contributed by atoms with Crippen molar-refractivity contribution in [3.05, 3.63) is 51.8 Å². The molecule has 0 aliphatic carbocycles. The van der Waals surface area contributed by atoms with Crippen LogP contribution in [0.3, 0.4) is 0 Å². The molecule has 21 heavy (non-hydrogen) atoms. The van der Waals surface area contributed by atoms with Crippen LogP contribution in [0.5, 0.6) is 0 Å². The first-order valence-corrected chi connectivity index (χ1v) is 7.03. The van der Waals surface area contributed by atoms with E-state index in [0.29, 0.717) is 6.54 Å². The molecule has 2 aromatic rings. The zero-order chi connectivity index (χ0) is 15.4. The number of halogens is 1. The normalized spacial score (nSPS) is 10.4. The highest BCUT2D eigenvalue weighted by Gasteiger charge is 2.22. The van der Waals surface area contributed by atoms with E-state index in [4.69, 9.17) is 9.84 Å².